The van der Waals surface area contributed by atoms with E-state index in [0.717, 1.165) is 0 Å². The number of alkyl halides is 1. The Morgan fingerprint density at radius 3 is 2.67 bits per heavy atom. The molecule has 2 aromatic rings. The van der Waals surface area contributed by atoms with Gasteiger partial charge in [-0.1, -0.05) is 0 Å². The van der Waals surface area contributed by atoms with Gasteiger partial charge in [0.05, 0.1) is 18.7 Å². The minimum absolute atomic E-state index is 0.0708. The molecular formula is C11H9ClFN3O2. The Kier molecular flexibility index (Phi) is 3.57. The first-order valence-electron chi connectivity index (χ1n) is 5.02. The number of esters is 1. The minimum atomic E-state index is -0.651. The van der Waals surface area contributed by atoms with Crippen molar-refractivity contribution >= 4 is 17.6 Å². The summed E-state index contributed by atoms with van der Waals surface area (Å²) >= 11 is 5.72. The number of hydrogen-bond acceptors (Lipinski definition) is 4. The van der Waals surface area contributed by atoms with E-state index in [4.69, 9.17) is 11.6 Å². The van der Waals surface area contributed by atoms with Crippen LogP contribution >= 0.6 is 11.6 Å². The molecule has 18 heavy (non-hydrogen) atoms. The van der Waals surface area contributed by atoms with Crippen LogP contribution in [0.2, 0.25) is 0 Å². The lowest BCUT2D eigenvalue weighted by molar-refractivity contribution is 0.0587. The van der Waals surface area contributed by atoms with Crippen LogP contribution in [0.4, 0.5) is 4.39 Å². The van der Waals surface area contributed by atoms with Gasteiger partial charge < -0.3 is 4.74 Å². The third kappa shape index (κ3) is 2.33. The van der Waals surface area contributed by atoms with E-state index in [2.05, 4.69) is 14.8 Å². The second-order valence-electron chi connectivity index (χ2n) is 3.37. The molecule has 0 bridgehead atoms. The number of methoxy groups -OCH3 is 1. The molecule has 0 atom stereocenters. The smallest absolute Gasteiger partial charge is 0.377 e. The fraction of sp³-hybridized carbons (Fsp3) is 0.182. The highest BCUT2D eigenvalue weighted by Gasteiger charge is 2.17. The Balaban J connectivity index is 2.46. The molecule has 0 unspecified atom stereocenters. The average molecular weight is 270 g/mol. The molecule has 0 aliphatic carbocycles. The third-order valence-electron chi connectivity index (χ3n) is 2.23. The van der Waals surface area contributed by atoms with E-state index >= 15 is 0 Å². The molecule has 1 aromatic heterocycles. The van der Waals surface area contributed by atoms with E-state index < -0.39 is 5.97 Å². The van der Waals surface area contributed by atoms with Crippen LogP contribution in [0.25, 0.3) is 5.69 Å². The van der Waals surface area contributed by atoms with Gasteiger partial charge in [0.2, 0.25) is 0 Å². The second kappa shape index (κ2) is 5.14. The molecule has 0 fully saturated rings. The van der Waals surface area contributed by atoms with Crippen LogP contribution in [0.15, 0.2) is 24.3 Å². The Morgan fingerprint density at radius 1 is 1.44 bits per heavy atom. The Hall–Kier alpha value is -1.95. The topological polar surface area (TPSA) is 57.0 Å². The van der Waals surface area contributed by atoms with Gasteiger partial charge in [0.25, 0.3) is 5.82 Å². The lowest BCUT2D eigenvalue weighted by atomic mass is 10.3. The highest BCUT2D eigenvalue weighted by molar-refractivity contribution is 6.16. The number of rotatable bonds is 3. The van der Waals surface area contributed by atoms with E-state index in [1.54, 1.807) is 0 Å². The number of halogens is 2. The van der Waals surface area contributed by atoms with E-state index in [-0.39, 0.29) is 17.5 Å². The number of ether oxygens (including phenoxy) is 1. The molecule has 1 heterocycles. The largest absolute Gasteiger partial charge is 0.463 e. The number of aromatic nitrogens is 3. The summed E-state index contributed by atoms with van der Waals surface area (Å²) in [5.41, 5.74) is 0.565. The van der Waals surface area contributed by atoms with Crippen molar-refractivity contribution in [2.75, 3.05) is 7.11 Å². The van der Waals surface area contributed by atoms with Gasteiger partial charge in [-0.3, -0.25) is 0 Å². The number of carbonyl (C=O) groups excluding carboxylic acids is 1. The molecule has 0 saturated heterocycles. The summed E-state index contributed by atoms with van der Waals surface area (Å²) in [6.45, 7) is 0. The SMILES string of the molecule is COC(=O)c1nc(CCl)n(-c2ccc(F)cc2)n1. The summed E-state index contributed by atoms with van der Waals surface area (Å²) in [6, 6.07) is 5.60. The quantitative estimate of drug-likeness (QED) is 0.631. The van der Waals surface area contributed by atoms with Crippen LogP contribution < -0.4 is 0 Å². The second-order valence-corrected chi connectivity index (χ2v) is 3.63. The van der Waals surface area contributed by atoms with Gasteiger partial charge in [-0.05, 0) is 24.3 Å². The van der Waals surface area contributed by atoms with Crippen LogP contribution in [-0.2, 0) is 10.6 Å². The van der Waals surface area contributed by atoms with Crippen molar-refractivity contribution in [1.82, 2.24) is 14.8 Å². The van der Waals surface area contributed by atoms with Gasteiger partial charge in [-0.2, -0.15) is 0 Å². The number of hydrogen-bond donors (Lipinski definition) is 0. The molecule has 0 amide bonds. The maximum atomic E-state index is 12.8. The Labute approximate surface area is 107 Å². The molecule has 1 aromatic carbocycles. The molecule has 2 rings (SSSR count). The predicted molar refractivity (Wildman–Crippen MR) is 62.2 cm³/mol. The van der Waals surface area contributed by atoms with E-state index in [9.17, 15) is 9.18 Å². The zero-order valence-electron chi connectivity index (χ0n) is 9.43. The van der Waals surface area contributed by atoms with Gasteiger partial charge in [-0.15, -0.1) is 16.7 Å². The lowest BCUT2D eigenvalue weighted by Gasteiger charge is -2.02. The fourth-order valence-electron chi connectivity index (χ4n) is 1.40. The molecule has 7 heteroatoms. The van der Waals surface area contributed by atoms with Crippen LogP contribution in [0, 0.1) is 5.82 Å². The van der Waals surface area contributed by atoms with Crippen molar-refractivity contribution in [3.8, 4) is 5.69 Å². The van der Waals surface area contributed by atoms with Crippen molar-refractivity contribution in [3.63, 3.8) is 0 Å². The van der Waals surface area contributed by atoms with Crippen molar-refractivity contribution in [2.24, 2.45) is 0 Å². The summed E-state index contributed by atoms with van der Waals surface area (Å²) in [4.78, 5) is 15.3. The van der Waals surface area contributed by atoms with E-state index in [1.165, 1.54) is 36.1 Å². The van der Waals surface area contributed by atoms with Gasteiger partial charge in [-0.25, -0.2) is 18.9 Å². The summed E-state index contributed by atoms with van der Waals surface area (Å²) < 4.78 is 18.7. The molecule has 0 aliphatic heterocycles. The minimum Gasteiger partial charge on any atom is -0.463 e. The van der Waals surface area contributed by atoms with Crippen LogP contribution in [-0.4, -0.2) is 27.8 Å². The predicted octanol–water partition coefficient (Wildman–Crippen LogP) is 1.93. The number of carbonyl (C=O) groups is 1. The molecule has 0 N–H and O–H groups in total. The zero-order valence-corrected chi connectivity index (χ0v) is 10.2. The van der Waals surface area contributed by atoms with Crippen LogP contribution in [0.5, 0.6) is 0 Å². The van der Waals surface area contributed by atoms with Gasteiger partial charge in [0.1, 0.15) is 11.6 Å². The summed E-state index contributed by atoms with van der Waals surface area (Å²) in [6.07, 6.45) is 0. The van der Waals surface area contributed by atoms with Crippen molar-refractivity contribution in [1.29, 1.82) is 0 Å². The zero-order chi connectivity index (χ0) is 13.1. The molecule has 0 aliphatic rings. The third-order valence-corrected chi connectivity index (χ3v) is 2.47. The van der Waals surface area contributed by atoms with E-state index in [1.807, 2.05) is 0 Å². The lowest BCUT2D eigenvalue weighted by Crippen LogP contribution is -2.05. The summed E-state index contributed by atoms with van der Waals surface area (Å²) in [5.74, 6) is -0.649. The monoisotopic (exact) mass is 269 g/mol. The molecule has 94 valence electrons. The highest BCUT2D eigenvalue weighted by atomic mass is 35.5. The van der Waals surface area contributed by atoms with Crippen LogP contribution in [0.1, 0.15) is 16.4 Å². The molecule has 0 radical (unpaired) electrons. The molecule has 5 nitrogen and oxygen atoms in total. The first kappa shape index (κ1) is 12.5. The van der Waals surface area contributed by atoms with Gasteiger partial charge in [0, 0.05) is 0 Å². The maximum Gasteiger partial charge on any atom is 0.377 e. The molecule has 0 spiro atoms. The first-order chi connectivity index (χ1) is 8.65. The van der Waals surface area contributed by atoms with E-state index in [0.29, 0.717) is 11.5 Å². The number of nitrogens with zero attached hydrogens (tertiary/aromatic N) is 3. The fourth-order valence-corrected chi connectivity index (χ4v) is 1.57. The maximum absolute atomic E-state index is 12.8. The molecule has 0 saturated carbocycles. The first-order valence-corrected chi connectivity index (χ1v) is 5.55. The van der Waals surface area contributed by atoms with Gasteiger partial charge in [0.15, 0.2) is 0 Å². The van der Waals surface area contributed by atoms with Gasteiger partial charge >= 0.3 is 5.97 Å². The number of benzene rings is 1. The van der Waals surface area contributed by atoms with Crippen LogP contribution in [0.3, 0.4) is 0 Å². The van der Waals surface area contributed by atoms with Crippen molar-refractivity contribution in [2.45, 2.75) is 5.88 Å². The molecular weight excluding hydrogens is 261 g/mol. The highest BCUT2D eigenvalue weighted by Crippen LogP contribution is 2.13. The summed E-state index contributed by atoms with van der Waals surface area (Å²) in [7, 11) is 1.24. The van der Waals surface area contributed by atoms with Crippen molar-refractivity contribution in [3.05, 3.63) is 41.7 Å². The summed E-state index contributed by atoms with van der Waals surface area (Å²) in [5, 5.41) is 3.98. The normalized spacial score (nSPS) is 10.4. The standard InChI is InChI=1S/C11H9ClFN3O2/c1-18-11(17)10-14-9(6-12)16(15-10)8-4-2-7(13)3-5-8/h2-5H,6H2,1H3. The Bertz CT molecular complexity index is 568. The van der Waals surface area contributed by atoms with Crippen molar-refractivity contribution < 1.29 is 13.9 Å². The average Bonchev–Trinajstić information content (AvgIpc) is 2.83. The Morgan fingerprint density at radius 2 is 2.11 bits per heavy atom.